The van der Waals surface area contributed by atoms with Crippen molar-refractivity contribution in [1.29, 1.82) is 0 Å². The van der Waals surface area contributed by atoms with Crippen LogP contribution in [0.1, 0.15) is 49.8 Å². The fourth-order valence-electron chi connectivity index (χ4n) is 4.51. The van der Waals surface area contributed by atoms with E-state index in [2.05, 4.69) is 50.2 Å². The first-order chi connectivity index (χ1) is 14.6. The highest BCUT2D eigenvalue weighted by Gasteiger charge is 2.37. The molecule has 0 aromatic heterocycles. The number of nitrogens with one attached hydrogen (secondary N) is 1. The van der Waals surface area contributed by atoms with Crippen LogP contribution in [0.3, 0.4) is 0 Å². The summed E-state index contributed by atoms with van der Waals surface area (Å²) in [5, 5.41) is 2.29. The molecule has 1 saturated heterocycles. The lowest BCUT2D eigenvalue weighted by Crippen LogP contribution is -2.54. The van der Waals surface area contributed by atoms with Crippen LogP contribution in [-0.4, -0.2) is 30.4 Å². The van der Waals surface area contributed by atoms with Gasteiger partial charge in [-0.15, -0.1) is 0 Å². The molecule has 0 unspecified atom stereocenters. The van der Waals surface area contributed by atoms with Crippen molar-refractivity contribution in [2.24, 2.45) is 0 Å². The summed E-state index contributed by atoms with van der Waals surface area (Å²) in [6.07, 6.45) is 2.60. The van der Waals surface area contributed by atoms with Gasteiger partial charge in [-0.1, -0.05) is 25.1 Å². The fourth-order valence-corrected chi connectivity index (χ4v) is 4.51. The zero-order valence-electron chi connectivity index (χ0n) is 18.5. The van der Waals surface area contributed by atoms with E-state index in [-0.39, 0.29) is 11.1 Å². The molecule has 0 aliphatic carbocycles. The summed E-state index contributed by atoms with van der Waals surface area (Å²) in [7, 11) is 2.10. The molecule has 2 aromatic rings. The molecule has 6 nitrogen and oxygen atoms in total. The van der Waals surface area contributed by atoms with E-state index in [4.69, 9.17) is 0 Å². The molecule has 160 valence electrons. The Hall–Kier alpha value is -3.41. The summed E-state index contributed by atoms with van der Waals surface area (Å²) >= 11 is 0. The van der Waals surface area contributed by atoms with Crippen LogP contribution in [0.25, 0.3) is 6.08 Å². The average molecular weight is 418 g/mol. The molecule has 31 heavy (non-hydrogen) atoms. The summed E-state index contributed by atoms with van der Waals surface area (Å²) in [5.41, 5.74) is 4.55. The van der Waals surface area contributed by atoms with Gasteiger partial charge in [-0.05, 0) is 80.1 Å². The Morgan fingerprint density at radius 3 is 2.45 bits per heavy atom. The van der Waals surface area contributed by atoms with E-state index in [1.54, 1.807) is 36.4 Å². The second kappa shape index (κ2) is 7.38. The van der Waals surface area contributed by atoms with Crippen LogP contribution in [-0.2, 0) is 9.59 Å². The van der Waals surface area contributed by atoms with Crippen molar-refractivity contribution in [3.05, 3.63) is 64.7 Å². The maximum Gasteiger partial charge on any atom is 0.335 e. The zero-order chi connectivity index (χ0) is 22.5. The average Bonchev–Trinajstić information content (AvgIpc) is 2.70. The minimum absolute atomic E-state index is 0.0502. The number of para-hydroxylation sites is 1. The number of amides is 4. The number of anilines is 2. The fraction of sp³-hybridized carbons (Fsp3) is 0.320. The zero-order valence-corrected chi connectivity index (χ0v) is 18.5. The van der Waals surface area contributed by atoms with Gasteiger partial charge in [-0.25, -0.2) is 9.69 Å². The maximum absolute atomic E-state index is 13.1. The Kier molecular flexibility index (Phi) is 4.96. The third-order valence-corrected chi connectivity index (χ3v) is 6.44. The molecule has 0 spiro atoms. The van der Waals surface area contributed by atoms with Crippen LogP contribution < -0.4 is 15.1 Å². The van der Waals surface area contributed by atoms with Crippen LogP contribution in [0.4, 0.5) is 16.2 Å². The maximum atomic E-state index is 13.1. The number of urea groups is 1. The Morgan fingerprint density at radius 2 is 1.77 bits per heavy atom. The van der Waals surface area contributed by atoms with Gasteiger partial charge in [0.1, 0.15) is 5.57 Å². The lowest BCUT2D eigenvalue weighted by Gasteiger charge is -2.45. The van der Waals surface area contributed by atoms with Crippen LogP contribution in [0.15, 0.2) is 48.0 Å². The minimum atomic E-state index is -0.738. The van der Waals surface area contributed by atoms with Gasteiger partial charge in [0, 0.05) is 18.3 Å². The molecule has 2 aliphatic rings. The van der Waals surface area contributed by atoms with Gasteiger partial charge in [-0.2, -0.15) is 0 Å². The molecular weight excluding hydrogens is 390 g/mol. The molecule has 6 heteroatoms. The van der Waals surface area contributed by atoms with Gasteiger partial charge in [0.15, 0.2) is 0 Å². The van der Waals surface area contributed by atoms with Gasteiger partial charge >= 0.3 is 6.03 Å². The SMILES string of the molecule is Cc1cc2c(cc1/C=C1\C(=O)NC(=O)N(c3ccccc3)C1=O)[C@@H](C)CC(C)(C)N2C. The van der Waals surface area contributed by atoms with Gasteiger partial charge in [0.2, 0.25) is 0 Å². The highest BCUT2D eigenvalue weighted by atomic mass is 16.2. The molecular formula is C25H27N3O3. The van der Waals surface area contributed by atoms with Gasteiger partial charge in [0.05, 0.1) is 5.69 Å². The normalized spacial score (nSPS) is 21.9. The number of nitrogens with zero attached hydrogens (tertiary/aromatic N) is 2. The second-order valence-electron chi connectivity index (χ2n) is 9.04. The smallest absolute Gasteiger partial charge is 0.335 e. The van der Waals surface area contributed by atoms with Crippen molar-refractivity contribution in [2.45, 2.75) is 45.6 Å². The Balaban J connectivity index is 1.78. The number of benzene rings is 2. The Morgan fingerprint density at radius 1 is 1.10 bits per heavy atom. The lowest BCUT2D eigenvalue weighted by molar-refractivity contribution is -0.122. The highest BCUT2D eigenvalue weighted by molar-refractivity contribution is 6.39. The van der Waals surface area contributed by atoms with E-state index >= 15 is 0 Å². The summed E-state index contributed by atoms with van der Waals surface area (Å²) in [6.45, 7) is 8.64. The number of rotatable bonds is 2. The molecule has 1 atom stereocenters. The largest absolute Gasteiger partial charge is 0.369 e. The molecule has 2 aromatic carbocycles. The van der Waals surface area contributed by atoms with Crippen molar-refractivity contribution in [3.8, 4) is 0 Å². The third-order valence-electron chi connectivity index (χ3n) is 6.44. The van der Waals surface area contributed by atoms with Crippen molar-refractivity contribution >= 4 is 35.3 Å². The molecule has 2 aliphatic heterocycles. The molecule has 0 bridgehead atoms. The number of hydrogen-bond acceptors (Lipinski definition) is 4. The Bertz CT molecular complexity index is 1120. The van der Waals surface area contributed by atoms with Crippen molar-refractivity contribution < 1.29 is 14.4 Å². The van der Waals surface area contributed by atoms with Gasteiger partial charge < -0.3 is 4.90 Å². The highest BCUT2D eigenvalue weighted by Crippen LogP contribution is 2.43. The van der Waals surface area contributed by atoms with Crippen LogP contribution >= 0.6 is 0 Å². The van der Waals surface area contributed by atoms with E-state index in [0.29, 0.717) is 11.6 Å². The monoisotopic (exact) mass is 417 g/mol. The standard InChI is InChI=1S/C25H27N3O3/c1-15-11-21-19(16(2)14-25(3,4)27(21)5)12-17(15)13-20-22(29)26-24(31)28(23(20)30)18-9-7-6-8-10-18/h6-13,16H,14H2,1-5H3,(H,26,29,31)/b20-13+/t16-/m0/s1. The summed E-state index contributed by atoms with van der Waals surface area (Å²) in [6, 6.07) is 12.0. The van der Waals surface area contributed by atoms with Crippen molar-refractivity contribution in [1.82, 2.24) is 5.32 Å². The number of aryl methyl sites for hydroxylation is 1. The van der Waals surface area contributed by atoms with Crippen LogP contribution in [0.2, 0.25) is 0 Å². The molecule has 1 N–H and O–H groups in total. The van der Waals surface area contributed by atoms with E-state index in [1.807, 2.05) is 6.92 Å². The van der Waals surface area contributed by atoms with Crippen molar-refractivity contribution in [3.63, 3.8) is 0 Å². The predicted molar refractivity (Wildman–Crippen MR) is 122 cm³/mol. The number of barbiturate groups is 1. The lowest BCUT2D eigenvalue weighted by atomic mass is 9.79. The molecule has 4 rings (SSSR count). The number of carbonyl (C=O) groups is 3. The topological polar surface area (TPSA) is 69.7 Å². The van der Waals surface area contributed by atoms with Crippen molar-refractivity contribution in [2.75, 3.05) is 16.8 Å². The predicted octanol–water partition coefficient (Wildman–Crippen LogP) is 4.38. The first kappa shape index (κ1) is 20.8. The summed E-state index contributed by atoms with van der Waals surface area (Å²) in [5.74, 6) is -0.953. The second-order valence-corrected chi connectivity index (χ2v) is 9.04. The molecule has 1 fully saturated rings. The van der Waals surface area contributed by atoms with Gasteiger partial charge in [-0.3, -0.25) is 14.9 Å². The molecule has 2 heterocycles. The van der Waals surface area contributed by atoms with Gasteiger partial charge in [0.25, 0.3) is 11.8 Å². The first-order valence-corrected chi connectivity index (χ1v) is 10.4. The quantitative estimate of drug-likeness (QED) is 0.581. The van der Waals surface area contributed by atoms with E-state index in [0.717, 1.165) is 22.4 Å². The number of hydrogen-bond donors (Lipinski definition) is 1. The summed E-state index contributed by atoms with van der Waals surface area (Å²) in [4.78, 5) is 41.3. The molecule has 4 amide bonds. The number of carbonyl (C=O) groups excluding carboxylic acids is 3. The third kappa shape index (κ3) is 3.52. The van der Waals surface area contributed by atoms with E-state index in [1.165, 1.54) is 11.3 Å². The Labute approximate surface area is 182 Å². The van der Waals surface area contributed by atoms with E-state index < -0.39 is 17.8 Å². The molecule has 0 saturated carbocycles. The van der Waals surface area contributed by atoms with Crippen LogP contribution in [0, 0.1) is 6.92 Å². The minimum Gasteiger partial charge on any atom is -0.369 e. The summed E-state index contributed by atoms with van der Waals surface area (Å²) < 4.78 is 0. The number of imide groups is 2. The first-order valence-electron chi connectivity index (χ1n) is 10.4. The molecule has 0 radical (unpaired) electrons. The number of fused-ring (bicyclic) bond motifs is 1. The van der Waals surface area contributed by atoms with E-state index in [9.17, 15) is 14.4 Å². The van der Waals surface area contributed by atoms with Crippen LogP contribution in [0.5, 0.6) is 0 Å².